The minimum absolute atomic E-state index is 0.0246. The molecule has 1 aromatic heterocycles. The fourth-order valence-corrected chi connectivity index (χ4v) is 2.65. The van der Waals surface area contributed by atoms with Gasteiger partial charge in [0.2, 0.25) is 0 Å². The van der Waals surface area contributed by atoms with Crippen LogP contribution in [0.3, 0.4) is 0 Å². The van der Waals surface area contributed by atoms with Crippen LogP contribution in [0.2, 0.25) is 0 Å². The van der Waals surface area contributed by atoms with Crippen LogP contribution < -0.4 is 5.32 Å². The van der Waals surface area contributed by atoms with Crippen LogP contribution in [0.15, 0.2) is 60.8 Å². The molecule has 5 heteroatoms. The number of amides is 1. The Kier molecular flexibility index (Phi) is 5.04. The highest BCUT2D eigenvalue weighted by atomic mass is 19.1. The topological polar surface area (TPSA) is 42.0 Å². The summed E-state index contributed by atoms with van der Waals surface area (Å²) in [7, 11) is 0. The highest BCUT2D eigenvalue weighted by Crippen LogP contribution is 2.25. The van der Waals surface area contributed by atoms with Gasteiger partial charge in [-0.2, -0.15) is 0 Å². The second-order valence-corrected chi connectivity index (χ2v) is 7.34. The Hall–Kier alpha value is -3.08. The molecule has 0 radical (unpaired) electrons. The molecule has 3 aromatic rings. The fraction of sp³-hybridized carbons (Fsp3) is 0.182. The second kappa shape index (κ2) is 7.27. The molecule has 0 saturated carbocycles. The van der Waals surface area contributed by atoms with E-state index in [2.05, 4.69) is 31.1 Å². The van der Waals surface area contributed by atoms with E-state index in [1.807, 2.05) is 24.3 Å². The minimum atomic E-state index is -0.696. The standard InChI is InChI=1S/C22H20F2N2O/c1-22(2,3)15-5-4-6-17(11-15)26-21(27)14-7-10-20(25-13-14)18-9-8-16(23)12-19(18)24/h4-13H,1-3H3,(H,26,27). The lowest BCUT2D eigenvalue weighted by molar-refractivity contribution is 0.102. The normalized spacial score (nSPS) is 11.3. The number of hydrogen-bond donors (Lipinski definition) is 1. The van der Waals surface area contributed by atoms with Crippen molar-refractivity contribution in [2.24, 2.45) is 0 Å². The van der Waals surface area contributed by atoms with Crippen molar-refractivity contribution in [3.8, 4) is 11.3 Å². The lowest BCUT2D eigenvalue weighted by Crippen LogP contribution is -2.15. The first-order valence-electron chi connectivity index (χ1n) is 8.57. The molecule has 138 valence electrons. The molecule has 1 N–H and O–H groups in total. The highest BCUT2D eigenvalue weighted by molar-refractivity contribution is 6.04. The summed E-state index contributed by atoms with van der Waals surface area (Å²) in [5, 5.41) is 2.85. The van der Waals surface area contributed by atoms with Gasteiger partial charge in [0.25, 0.3) is 5.91 Å². The Bertz CT molecular complexity index is 976. The molecule has 0 spiro atoms. The molecule has 1 amide bonds. The van der Waals surface area contributed by atoms with Crippen LogP contribution in [0.25, 0.3) is 11.3 Å². The van der Waals surface area contributed by atoms with Gasteiger partial charge < -0.3 is 5.32 Å². The van der Waals surface area contributed by atoms with E-state index in [9.17, 15) is 13.6 Å². The molecule has 3 nitrogen and oxygen atoms in total. The van der Waals surface area contributed by atoms with Crippen LogP contribution >= 0.6 is 0 Å². The monoisotopic (exact) mass is 366 g/mol. The minimum Gasteiger partial charge on any atom is -0.322 e. The van der Waals surface area contributed by atoms with Crippen LogP contribution in [0, 0.1) is 11.6 Å². The highest BCUT2D eigenvalue weighted by Gasteiger charge is 2.15. The number of aromatic nitrogens is 1. The second-order valence-electron chi connectivity index (χ2n) is 7.34. The van der Waals surface area contributed by atoms with Crippen molar-refractivity contribution in [3.05, 3.63) is 83.6 Å². The van der Waals surface area contributed by atoms with Crippen LogP contribution in [0.4, 0.5) is 14.5 Å². The predicted octanol–water partition coefficient (Wildman–Crippen LogP) is 5.58. The summed E-state index contributed by atoms with van der Waals surface area (Å²) in [5.74, 6) is -1.65. The van der Waals surface area contributed by atoms with E-state index in [4.69, 9.17) is 0 Å². The molecule has 0 aliphatic rings. The zero-order valence-electron chi connectivity index (χ0n) is 15.4. The average Bonchev–Trinajstić information content (AvgIpc) is 2.61. The summed E-state index contributed by atoms with van der Waals surface area (Å²) in [5.41, 5.74) is 2.65. The summed E-state index contributed by atoms with van der Waals surface area (Å²) < 4.78 is 26.9. The third-order valence-electron chi connectivity index (χ3n) is 4.22. The van der Waals surface area contributed by atoms with Gasteiger partial charge in [-0.3, -0.25) is 9.78 Å². The van der Waals surface area contributed by atoms with E-state index >= 15 is 0 Å². The van der Waals surface area contributed by atoms with Crippen molar-refractivity contribution in [1.29, 1.82) is 0 Å². The molecule has 0 aliphatic heterocycles. The number of pyridine rings is 1. The SMILES string of the molecule is CC(C)(C)c1cccc(NC(=O)c2ccc(-c3ccc(F)cc3F)nc2)c1. The molecule has 27 heavy (non-hydrogen) atoms. The number of carbonyl (C=O) groups is 1. The van der Waals surface area contributed by atoms with E-state index in [1.165, 1.54) is 24.4 Å². The molecule has 0 atom stereocenters. The average molecular weight is 366 g/mol. The number of nitrogens with zero attached hydrogens (tertiary/aromatic N) is 1. The van der Waals surface area contributed by atoms with Gasteiger partial charge in [0, 0.05) is 23.5 Å². The maximum absolute atomic E-state index is 13.9. The van der Waals surface area contributed by atoms with Crippen LogP contribution in [0.1, 0.15) is 36.7 Å². The van der Waals surface area contributed by atoms with Crippen LogP contribution in [0.5, 0.6) is 0 Å². The molecule has 1 heterocycles. The first-order chi connectivity index (χ1) is 12.7. The zero-order valence-corrected chi connectivity index (χ0v) is 15.4. The molecule has 3 rings (SSSR count). The van der Waals surface area contributed by atoms with Gasteiger partial charge in [-0.1, -0.05) is 32.9 Å². The Morgan fingerprint density at radius 3 is 2.41 bits per heavy atom. The van der Waals surface area contributed by atoms with E-state index in [0.717, 1.165) is 11.6 Å². The first-order valence-corrected chi connectivity index (χ1v) is 8.57. The molecule has 0 fully saturated rings. The number of carbonyl (C=O) groups excluding carboxylic acids is 1. The van der Waals surface area contributed by atoms with Gasteiger partial charge in [0.1, 0.15) is 11.6 Å². The molecule has 0 aliphatic carbocycles. The largest absolute Gasteiger partial charge is 0.322 e. The molecule has 0 bridgehead atoms. The Balaban J connectivity index is 1.78. The summed E-state index contributed by atoms with van der Waals surface area (Å²) in [6.07, 6.45) is 1.38. The summed E-state index contributed by atoms with van der Waals surface area (Å²) >= 11 is 0. The lowest BCUT2D eigenvalue weighted by Gasteiger charge is -2.19. The smallest absolute Gasteiger partial charge is 0.257 e. The molecule has 0 saturated heterocycles. The van der Waals surface area contributed by atoms with Gasteiger partial charge in [-0.25, -0.2) is 8.78 Å². The lowest BCUT2D eigenvalue weighted by atomic mass is 9.87. The third-order valence-corrected chi connectivity index (χ3v) is 4.22. The van der Waals surface area contributed by atoms with Gasteiger partial charge in [-0.15, -0.1) is 0 Å². The van der Waals surface area contributed by atoms with E-state index in [0.29, 0.717) is 16.9 Å². The number of hydrogen-bond acceptors (Lipinski definition) is 2. The van der Waals surface area contributed by atoms with Crippen LogP contribution in [-0.4, -0.2) is 10.9 Å². The number of benzene rings is 2. The summed E-state index contributed by atoms with van der Waals surface area (Å²) in [4.78, 5) is 16.6. The van der Waals surface area contributed by atoms with Crippen molar-refractivity contribution in [3.63, 3.8) is 0 Å². The summed E-state index contributed by atoms with van der Waals surface area (Å²) in [6, 6.07) is 14.1. The van der Waals surface area contributed by atoms with Gasteiger partial charge in [0.15, 0.2) is 0 Å². The summed E-state index contributed by atoms with van der Waals surface area (Å²) in [6.45, 7) is 6.31. The maximum Gasteiger partial charge on any atom is 0.257 e. The molecular formula is C22H20F2N2O. The Morgan fingerprint density at radius 2 is 1.78 bits per heavy atom. The van der Waals surface area contributed by atoms with Crippen LogP contribution in [-0.2, 0) is 5.41 Å². The van der Waals surface area contributed by atoms with Crippen molar-refractivity contribution in [2.75, 3.05) is 5.32 Å². The quantitative estimate of drug-likeness (QED) is 0.658. The maximum atomic E-state index is 13.9. The Morgan fingerprint density at radius 1 is 1.00 bits per heavy atom. The molecule has 2 aromatic carbocycles. The molecule has 0 unspecified atom stereocenters. The van der Waals surface area contributed by atoms with Gasteiger partial charge in [-0.05, 0) is 47.4 Å². The van der Waals surface area contributed by atoms with E-state index in [-0.39, 0.29) is 16.9 Å². The number of nitrogens with one attached hydrogen (secondary N) is 1. The zero-order chi connectivity index (χ0) is 19.6. The van der Waals surface area contributed by atoms with Crippen molar-refractivity contribution >= 4 is 11.6 Å². The Labute approximate surface area is 157 Å². The molecular weight excluding hydrogens is 346 g/mol. The third kappa shape index (κ3) is 4.37. The van der Waals surface area contributed by atoms with Gasteiger partial charge >= 0.3 is 0 Å². The van der Waals surface area contributed by atoms with E-state index in [1.54, 1.807) is 6.07 Å². The fourth-order valence-electron chi connectivity index (χ4n) is 2.65. The van der Waals surface area contributed by atoms with E-state index < -0.39 is 11.6 Å². The number of rotatable bonds is 3. The predicted molar refractivity (Wildman–Crippen MR) is 103 cm³/mol. The van der Waals surface area contributed by atoms with Crippen molar-refractivity contribution in [2.45, 2.75) is 26.2 Å². The van der Waals surface area contributed by atoms with Crippen molar-refractivity contribution in [1.82, 2.24) is 4.98 Å². The van der Waals surface area contributed by atoms with Gasteiger partial charge in [0.05, 0.1) is 11.3 Å². The first kappa shape index (κ1) is 18.7. The number of anilines is 1. The van der Waals surface area contributed by atoms with Crippen molar-refractivity contribution < 1.29 is 13.6 Å². The number of halogens is 2.